The zero-order valence-corrected chi connectivity index (χ0v) is 14.8. The van der Waals surface area contributed by atoms with E-state index in [-0.39, 0.29) is 16.6 Å². The SMILES string of the molecule is CC(CC(Cl)c1cc(Cl)c(Br)cc1F)CC(C)(C)C. The molecule has 0 spiro atoms. The predicted octanol–water partition coefficient (Wildman–Crippen LogP) is 6.98. The number of benzene rings is 1. The fourth-order valence-corrected chi connectivity index (χ4v) is 3.35. The zero-order chi connectivity index (χ0) is 14.8. The highest BCUT2D eigenvalue weighted by atomic mass is 79.9. The van der Waals surface area contributed by atoms with Gasteiger partial charge in [-0.25, -0.2) is 4.39 Å². The Hall–Kier alpha value is 0.210. The molecule has 2 atom stereocenters. The van der Waals surface area contributed by atoms with Crippen molar-refractivity contribution in [2.24, 2.45) is 11.3 Å². The quantitative estimate of drug-likeness (QED) is 0.396. The van der Waals surface area contributed by atoms with Crippen molar-refractivity contribution in [1.29, 1.82) is 0 Å². The summed E-state index contributed by atoms with van der Waals surface area (Å²) in [6.07, 6.45) is 1.80. The first kappa shape index (κ1) is 17.3. The fraction of sp³-hybridized carbons (Fsp3) is 0.600. The molecule has 0 nitrogen and oxygen atoms in total. The van der Waals surface area contributed by atoms with Gasteiger partial charge in [-0.15, -0.1) is 11.6 Å². The number of hydrogen-bond donors (Lipinski definition) is 0. The van der Waals surface area contributed by atoms with Gasteiger partial charge in [-0.2, -0.15) is 0 Å². The van der Waals surface area contributed by atoms with Crippen LogP contribution in [0.3, 0.4) is 0 Å². The molecule has 0 amide bonds. The molecule has 0 saturated carbocycles. The van der Waals surface area contributed by atoms with Crippen molar-refractivity contribution in [3.63, 3.8) is 0 Å². The molecular formula is C15H20BrCl2F. The lowest BCUT2D eigenvalue weighted by molar-refractivity contribution is 0.295. The van der Waals surface area contributed by atoms with E-state index in [1.807, 2.05) is 0 Å². The van der Waals surface area contributed by atoms with E-state index in [1.165, 1.54) is 6.07 Å². The van der Waals surface area contributed by atoms with E-state index in [0.29, 0.717) is 21.0 Å². The minimum absolute atomic E-state index is 0.256. The minimum atomic E-state index is -0.344. The van der Waals surface area contributed by atoms with Gasteiger partial charge in [0.2, 0.25) is 0 Å². The average molecular weight is 370 g/mol. The molecule has 1 aromatic rings. The highest BCUT2D eigenvalue weighted by molar-refractivity contribution is 9.10. The molecule has 0 aliphatic carbocycles. The van der Waals surface area contributed by atoms with Gasteiger partial charge >= 0.3 is 0 Å². The summed E-state index contributed by atoms with van der Waals surface area (Å²) in [7, 11) is 0. The molecule has 1 rings (SSSR count). The van der Waals surface area contributed by atoms with Crippen LogP contribution in [0.5, 0.6) is 0 Å². The smallest absolute Gasteiger partial charge is 0.129 e. The molecule has 0 aliphatic heterocycles. The summed E-state index contributed by atoms with van der Waals surface area (Å²) in [5.41, 5.74) is 0.738. The number of halogens is 4. The van der Waals surface area contributed by atoms with Crippen molar-refractivity contribution in [3.05, 3.63) is 33.0 Å². The molecule has 1 aromatic carbocycles. The standard InChI is InChI=1S/C15H20BrCl2F/c1-9(8-15(2,3)4)5-12(17)10-6-13(18)11(16)7-14(10)19/h6-7,9,12H,5,8H2,1-4H3. The summed E-state index contributed by atoms with van der Waals surface area (Å²) in [6, 6.07) is 2.99. The third-order valence-electron chi connectivity index (χ3n) is 2.95. The van der Waals surface area contributed by atoms with E-state index in [4.69, 9.17) is 23.2 Å². The van der Waals surface area contributed by atoms with Gasteiger partial charge in [-0.05, 0) is 52.2 Å². The lowest BCUT2D eigenvalue weighted by Gasteiger charge is -2.25. The molecule has 0 fully saturated rings. The van der Waals surface area contributed by atoms with E-state index in [9.17, 15) is 4.39 Å². The lowest BCUT2D eigenvalue weighted by atomic mass is 9.83. The van der Waals surface area contributed by atoms with Crippen LogP contribution in [0.2, 0.25) is 5.02 Å². The topological polar surface area (TPSA) is 0 Å². The molecule has 0 heterocycles. The molecule has 0 aromatic heterocycles. The van der Waals surface area contributed by atoms with Crippen molar-refractivity contribution >= 4 is 39.1 Å². The third kappa shape index (κ3) is 5.61. The normalized spacial score (nSPS) is 15.4. The summed E-state index contributed by atoms with van der Waals surface area (Å²) in [6.45, 7) is 8.75. The van der Waals surface area contributed by atoms with Crippen LogP contribution >= 0.6 is 39.1 Å². The summed E-state index contributed by atoms with van der Waals surface area (Å²) >= 11 is 15.6. The molecule has 2 unspecified atom stereocenters. The summed E-state index contributed by atoms with van der Waals surface area (Å²) in [4.78, 5) is 0. The number of hydrogen-bond acceptors (Lipinski definition) is 0. The highest BCUT2D eigenvalue weighted by Crippen LogP contribution is 2.37. The monoisotopic (exact) mass is 368 g/mol. The maximum absolute atomic E-state index is 13.9. The van der Waals surface area contributed by atoms with Gasteiger partial charge in [0, 0.05) is 10.0 Å². The van der Waals surface area contributed by atoms with E-state index in [2.05, 4.69) is 43.6 Å². The lowest BCUT2D eigenvalue weighted by Crippen LogP contribution is -2.12. The number of alkyl halides is 1. The summed E-state index contributed by atoms with van der Waals surface area (Å²) in [5, 5.41) is 0.147. The van der Waals surface area contributed by atoms with Gasteiger partial charge < -0.3 is 0 Å². The summed E-state index contributed by atoms with van der Waals surface area (Å²) < 4.78 is 14.5. The second-order valence-electron chi connectivity index (χ2n) is 6.36. The van der Waals surface area contributed by atoms with E-state index >= 15 is 0 Å². The van der Waals surface area contributed by atoms with Crippen LogP contribution in [0.4, 0.5) is 4.39 Å². The zero-order valence-electron chi connectivity index (χ0n) is 11.7. The van der Waals surface area contributed by atoms with Gasteiger partial charge in [0.05, 0.1) is 10.4 Å². The van der Waals surface area contributed by atoms with Gasteiger partial charge in [-0.1, -0.05) is 39.3 Å². The molecular weight excluding hydrogens is 350 g/mol. The molecule has 0 aliphatic rings. The van der Waals surface area contributed by atoms with E-state index in [0.717, 1.165) is 12.8 Å². The van der Waals surface area contributed by atoms with Gasteiger partial charge in [0.25, 0.3) is 0 Å². The Morgan fingerprint density at radius 1 is 1.32 bits per heavy atom. The highest BCUT2D eigenvalue weighted by Gasteiger charge is 2.21. The van der Waals surface area contributed by atoms with E-state index in [1.54, 1.807) is 6.07 Å². The van der Waals surface area contributed by atoms with Crippen molar-refractivity contribution in [3.8, 4) is 0 Å². The Morgan fingerprint density at radius 2 is 1.89 bits per heavy atom. The molecule has 4 heteroatoms. The van der Waals surface area contributed by atoms with Crippen LogP contribution in [0, 0.1) is 17.2 Å². The van der Waals surface area contributed by atoms with Crippen LogP contribution in [-0.4, -0.2) is 0 Å². The van der Waals surface area contributed by atoms with Crippen molar-refractivity contribution in [1.82, 2.24) is 0 Å². The van der Waals surface area contributed by atoms with Gasteiger partial charge in [0.15, 0.2) is 0 Å². The Balaban J connectivity index is 2.78. The van der Waals surface area contributed by atoms with Gasteiger partial charge in [-0.3, -0.25) is 0 Å². The van der Waals surface area contributed by atoms with Crippen molar-refractivity contribution in [2.45, 2.75) is 45.9 Å². The van der Waals surface area contributed by atoms with Crippen LogP contribution in [0.15, 0.2) is 16.6 Å². The molecule has 0 saturated heterocycles. The Bertz CT molecular complexity index is 441. The van der Waals surface area contributed by atoms with Crippen molar-refractivity contribution < 1.29 is 4.39 Å². The Labute approximate surface area is 133 Å². The molecule has 0 N–H and O–H groups in total. The third-order valence-corrected chi connectivity index (χ3v) is 4.56. The van der Waals surface area contributed by atoms with Gasteiger partial charge in [0.1, 0.15) is 5.82 Å². The van der Waals surface area contributed by atoms with Crippen LogP contribution in [0.25, 0.3) is 0 Å². The fourth-order valence-electron chi connectivity index (χ4n) is 2.39. The summed E-state index contributed by atoms with van der Waals surface area (Å²) in [5.74, 6) is 0.128. The second kappa shape index (κ2) is 6.78. The maximum atomic E-state index is 13.9. The average Bonchev–Trinajstić information content (AvgIpc) is 2.20. The van der Waals surface area contributed by atoms with E-state index < -0.39 is 0 Å². The molecule has 0 radical (unpaired) electrons. The Kier molecular flexibility index (Phi) is 6.16. The Morgan fingerprint density at radius 3 is 2.42 bits per heavy atom. The molecule has 19 heavy (non-hydrogen) atoms. The first-order chi connectivity index (χ1) is 8.60. The van der Waals surface area contributed by atoms with Crippen LogP contribution in [0.1, 0.15) is 51.5 Å². The largest absolute Gasteiger partial charge is 0.207 e. The predicted molar refractivity (Wildman–Crippen MR) is 85.6 cm³/mol. The molecule has 108 valence electrons. The first-order valence-corrected chi connectivity index (χ1v) is 7.99. The van der Waals surface area contributed by atoms with Crippen molar-refractivity contribution in [2.75, 3.05) is 0 Å². The van der Waals surface area contributed by atoms with Crippen LogP contribution < -0.4 is 0 Å². The first-order valence-electron chi connectivity index (χ1n) is 6.38. The number of rotatable bonds is 4. The second-order valence-corrected chi connectivity index (χ2v) is 8.15. The molecule has 0 bridgehead atoms. The van der Waals surface area contributed by atoms with Crippen LogP contribution in [-0.2, 0) is 0 Å². The minimum Gasteiger partial charge on any atom is -0.207 e. The maximum Gasteiger partial charge on any atom is 0.129 e.